The van der Waals surface area contributed by atoms with Gasteiger partial charge in [-0.1, -0.05) is 0 Å². The summed E-state index contributed by atoms with van der Waals surface area (Å²) in [4.78, 5) is 23.2. The lowest BCUT2D eigenvalue weighted by atomic mass is 10.1. The molecule has 136 valence electrons. The van der Waals surface area contributed by atoms with Crippen LogP contribution in [0.2, 0.25) is 0 Å². The molecule has 2 aromatic rings. The molecule has 0 radical (unpaired) electrons. The Hall–Kier alpha value is -1.51. The molecule has 1 aliphatic heterocycles. The summed E-state index contributed by atoms with van der Waals surface area (Å²) in [5, 5.41) is 8.18. The molecule has 0 saturated carbocycles. The van der Waals surface area contributed by atoms with Gasteiger partial charge in [0.25, 0.3) is 0 Å². The minimum Gasteiger partial charge on any atom is -0.444 e. The Bertz CT molecular complexity index is 686. The predicted octanol–water partition coefficient (Wildman–Crippen LogP) is 3.76. The molecule has 6 nitrogen and oxygen atoms in total. The molecule has 0 aliphatic carbocycles. The van der Waals surface area contributed by atoms with Crippen LogP contribution in [0.1, 0.15) is 38.6 Å². The summed E-state index contributed by atoms with van der Waals surface area (Å²) in [6, 6.07) is 0.188. The summed E-state index contributed by atoms with van der Waals surface area (Å²) in [5.41, 5.74) is 3.29. The second kappa shape index (κ2) is 7.80. The number of likely N-dealkylation sites (tertiary alicyclic amines) is 1. The topological polar surface area (TPSA) is 67.3 Å². The summed E-state index contributed by atoms with van der Waals surface area (Å²) in [6.45, 7) is 8.39. The van der Waals surface area contributed by atoms with Gasteiger partial charge in [0.05, 0.1) is 12.1 Å². The summed E-state index contributed by atoms with van der Waals surface area (Å²) >= 11 is 3.27. The van der Waals surface area contributed by atoms with Crippen LogP contribution in [0.3, 0.4) is 0 Å². The van der Waals surface area contributed by atoms with E-state index >= 15 is 0 Å². The van der Waals surface area contributed by atoms with Crippen LogP contribution in [0.25, 0.3) is 11.4 Å². The highest BCUT2D eigenvalue weighted by Crippen LogP contribution is 2.23. The monoisotopic (exact) mass is 380 g/mol. The molecule has 0 bridgehead atoms. The van der Waals surface area contributed by atoms with Crippen molar-refractivity contribution in [2.45, 2.75) is 51.8 Å². The van der Waals surface area contributed by atoms with Gasteiger partial charge in [0.1, 0.15) is 22.0 Å². The van der Waals surface area contributed by atoms with Crippen molar-refractivity contribution in [2.75, 3.05) is 13.1 Å². The van der Waals surface area contributed by atoms with Crippen LogP contribution < -0.4 is 5.32 Å². The molecular formula is C17H24N4O2S2. The van der Waals surface area contributed by atoms with Crippen LogP contribution >= 0.6 is 22.7 Å². The number of aromatic nitrogens is 2. The number of nitrogens with one attached hydrogen (secondary N) is 1. The van der Waals surface area contributed by atoms with Gasteiger partial charge in [-0.3, -0.25) is 4.90 Å². The quantitative estimate of drug-likeness (QED) is 0.875. The Labute approximate surface area is 156 Å². The van der Waals surface area contributed by atoms with Crippen LogP contribution in [0.4, 0.5) is 4.79 Å². The van der Waals surface area contributed by atoms with E-state index in [9.17, 15) is 4.79 Å². The molecule has 0 unspecified atom stereocenters. The van der Waals surface area contributed by atoms with Gasteiger partial charge < -0.3 is 10.1 Å². The third kappa shape index (κ3) is 5.49. The van der Waals surface area contributed by atoms with E-state index in [2.05, 4.69) is 25.6 Å². The number of thiazole rings is 2. The fourth-order valence-corrected chi connectivity index (χ4v) is 4.12. The second-order valence-electron chi connectivity index (χ2n) is 7.20. The molecular weight excluding hydrogens is 356 g/mol. The van der Waals surface area contributed by atoms with E-state index < -0.39 is 5.60 Å². The zero-order valence-corrected chi connectivity index (χ0v) is 16.5. The number of hydrogen-bond acceptors (Lipinski definition) is 7. The van der Waals surface area contributed by atoms with Gasteiger partial charge in [-0.25, -0.2) is 14.8 Å². The van der Waals surface area contributed by atoms with E-state index in [1.54, 1.807) is 22.7 Å². The number of carbonyl (C=O) groups is 1. The number of piperidine rings is 1. The molecule has 0 atom stereocenters. The first-order valence-corrected chi connectivity index (χ1v) is 10.3. The Balaban J connectivity index is 1.44. The van der Waals surface area contributed by atoms with Crippen molar-refractivity contribution in [3.63, 3.8) is 0 Å². The van der Waals surface area contributed by atoms with Crippen molar-refractivity contribution in [1.29, 1.82) is 0 Å². The van der Waals surface area contributed by atoms with Gasteiger partial charge >= 0.3 is 6.09 Å². The molecule has 1 amide bonds. The highest BCUT2D eigenvalue weighted by atomic mass is 32.1. The summed E-state index contributed by atoms with van der Waals surface area (Å²) in [5.74, 6) is 0. The zero-order chi connectivity index (χ0) is 17.9. The smallest absolute Gasteiger partial charge is 0.407 e. The Morgan fingerprint density at radius 2 is 2.08 bits per heavy atom. The maximum atomic E-state index is 11.9. The van der Waals surface area contributed by atoms with Crippen molar-refractivity contribution in [3.8, 4) is 11.4 Å². The third-order valence-corrected chi connectivity index (χ3v) is 5.33. The lowest BCUT2D eigenvalue weighted by molar-refractivity contribution is 0.0477. The summed E-state index contributed by atoms with van der Waals surface area (Å²) in [6.07, 6.45) is 1.55. The minimum absolute atomic E-state index is 0.188. The first-order valence-electron chi connectivity index (χ1n) is 8.44. The van der Waals surface area contributed by atoms with Gasteiger partial charge in [0.15, 0.2) is 0 Å². The number of amides is 1. The van der Waals surface area contributed by atoms with Crippen LogP contribution in [0, 0.1) is 0 Å². The highest BCUT2D eigenvalue weighted by molar-refractivity contribution is 7.10. The number of hydrogen-bond donors (Lipinski definition) is 1. The molecule has 1 N–H and O–H groups in total. The van der Waals surface area contributed by atoms with Crippen LogP contribution in [-0.4, -0.2) is 45.7 Å². The normalized spacial score (nSPS) is 16.8. The third-order valence-electron chi connectivity index (χ3n) is 3.91. The van der Waals surface area contributed by atoms with Crippen molar-refractivity contribution < 1.29 is 9.53 Å². The number of rotatable bonds is 4. The summed E-state index contributed by atoms with van der Waals surface area (Å²) < 4.78 is 5.32. The van der Waals surface area contributed by atoms with E-state index in [4.69, 9.17) is 4.74 Å². The van der Waals surface area contributed by atoms with Gasteiger partial charge in [0, 0.05) is 29.9 Å². The number of alkyl carbamates (subject to hydrolysis) is 1. The van der Waals surface area contributed by atoms with Crippen molar-refractivity contribution in [1.82, 2.24) is 20.2 Å². The molecule has 3 heterocycles. The van der Waals surface area contributed by atoms with Gasteiger partial charge in [-0.2, -0.15) is 0 Å². The molecule has 0 spiro atoms. The van der Waals surface area contributed by atoms with Gasteiger partial charge in [-0.15, -0.1) is 22.7 Å². The average Bonchev–Trinajstić information content (AvgIpc) is 3.18. The Kier molecular flexibility index (Phi) is 5.71. The SMILES string of the molecule is CC(C)(C)OC(=O)NC1CCN(Cc2nc(-c3cscn3)cs2)CC1. The second-order valence-corrected chi connectivity index (χ2v) is 8.86. The molecule has 1 aliphatic rings. The molecule has 0 aromatic carbocycles. The maximum Gasteiger partial charge on any atom is 0.407 e. The lowest BCUT2D eigenvalue weighted by Crippen LogP contribution is -2.45. The average molecular weight is 381 g/mol. The molecule has 1 fully saturated rings. The van der Waals surface area contributed by atoms with Gasteiger partial charge in [0.2, 0.25) is 0 Å². The summed E-state index contributed by atoms with van der Waals surface area (Å²) in [7, 11) is 0. The maximum absolute atomic E-state index is 11.9. The van der Waals surface area contributed by atoms with Gasteiger partial charge in [-0.05, 0) is 33.6 Å². The van der Waals surface area contributed by atoms with Crippen molar-refractivity contribution in [2.24, 2.45) is 0 Å². The van der Waals surface area contributed by atoms with E-state index in [1.165, 1.54) is 0 Å². The zero-order valence-electron chi connectivity index (χ0n) is 14.8. The highest BCUT2D eigenvalue weighted by Gasteiger charge is 2.24. The number of carbonyl (C=O) groups excluding carboxylic acids is 1. The first kappa shape index (κ1) is 18.3. The molecule has 2 aromatic heterocycles. The van der Waals surface area contributed by atoms with E-state index in [1.807, 2.05) is 31.7 Å². The number of ether oxygens (including phenoxy) is 1. The fourth-order valence-electron chi connectivity index (χ4n) is 2.74. The van der Waals surface area contributed by atoms with E-state index in [-0.39, 0.29) is 12.1 Å². The van der Waals surface area contributed by atoms with E-state index in [0.717, 1.165) is 48.9 Å². The van der Waals surface area contributed by atoms with Crippen LogP contribution in [0.15, 0.2) is 16.3 Å². The minimum atomic E-state index is -0.454. The molecule has 3 rings (SSSR count). The van der Waals surface area contributed by atoms with Crippen molar-refractivity contribution >= 4 is 28.8 Å². The largest absolute Gasteiger partial charge is 0.444 e. The Morgan fingerprint density at radius 1 is 1.32 bits per heavy atom. The molecule has 8 heteroatoms. The Morgan fingerprint density at radius 3 is 2.72 bits per heavy atom. The van der Waals surface area contributed by atoms with Crippen LogP contribution in [-0.2, 0) is 11.3 Å². The van der Waals surface area contributed by atoms with E-state index in [0.29, 0.717) is 0 Å². The first-order chi connectivity index (χ1) is 11.9. The van der Waals surface area contributed by atoms with Crippen LogP contribution in [0.5, 0.6) is 0 Å². The lowest BCUT2D eigenvalue weighted by Gasteiger charge is -2.32. The molecule has 25 heavy (non-hydrogen) atoms. The predicted molar refractivity (Wildman–Crippen MR) is 101 cm³/mol. The fraction of sp³-hybridized carbons (Fsp3) is 0.588. The standard InChI is InChI=1S/C17H24N4O2S2/c1-17(2,3)23-16(22)19-12-4-6-21(7-5-12)8-15-20-14(10-25-15)13-9-24-11-18-13/h9-12H,4-8H2,1-3H3,(H,19,22). The molecule has 1 saturated heterocycles. The van der Waals surface area contributed by atoms with Crippen molar-refractivity contribution in [3.05, 3.63) is 21.3 Å². The number of nitrogens with zero attached hydrogens (tertiary/aromatic N) is 3.